The maximum Gasteiger partial charge on any atom is 0.340 e. The second kappa shape index (κ2) is 9.48. The van der Waals surface area contributed by atoms with E-state index in [-0.39, 0.29) is 5.56 Å². The largest absolute Gasteiger partial charge is 0.504 e. The summed E-state index contributed by atoms with van der Waals surface area (Å²) in [6.45, 7) is -0.749. The molecule has 0 aromatic heterocycles. The summed E-state index contributed by atoms with van der Waals surface area (Å²) in [6, 6.07) is 3.08. The Morgan fingerprint density at radius 1 is 0.706 bits per heavy atom. The van der Waals surface area contributed by atoms with Crippen molar-refractivity contribution in [2.45, 2.75) is 30.7 Å². The summed E-state index contributed by atoms with van der Waals surface area (Å²) in [5, 5.41) is 86.9. The van der Waals surface area contributed by atoms with Crippen LogP contribution in [0.3, 0.4) is 0 Å². The van der Waals surface area contributed by atoms with Crippen molar-refractivity contribution in [3.05, 3.63) is 35.4 Å². The fourth-order valence-corrected chi connectivity index (χ4v) is 3.01. The Morgan fingerprint density at radius 2 is 1.15 bits per heavy atom. The van der Waals surface area contributed by atoms with Crippen LogP contribution < -0.4 is 0 Å². The maximum absolute atomic E-state index is 12.3. The Labute approximate surface area is 189 Å². The number of hydrogen-bond donors (Lipinski definition) is 9. The summed E-state index contributed by atoms with van der Waals surface area (Å²) < 4.78 is 15.0. The molecule has 34 heavy (non-hydrogen) atoms. The van der Waals surface area contributed by atoms with Gasteiger partial charge in [-0.3, -0.25) is 0 Å². The second-order valence-electron chi connectivity index (χ2n) is 7.24. The van der Waals surface area contributed by atoms with E-state index in [1.54, 1.807) is 0 Å². The van der Waals surface area contributed by atoms with Crippen LogP contribution in [0.4, 0.5) is 0 Å². The monoisotopic (exact) mass is 484 g/mol. The summed E-state index contributed by atoms with van der Waals surface area (Å²) in [5.74, 6) is -7.45. The summed E-state index contributed by atoms with van der Waals surface area (Å²) in [4.78, 5) is 24.5. The summed E-state index contributed by atoms with van der Waals surface area (Å²) in [5.41, 5.74) is -0.840. The van der Waals surface area contributed by atoms with Gasteiger partial charge in [0.25, 0.3) is 0 Å². The average Bonchev–Trinajstić information content (AvgIpc) is 2.79. The molecule has 0 saturated carbocycles. The van der Waals surface area contributed by atoms with Crippen LogP contribution in [0, 0.1) is 0 Å². The van der Waals surface area contributed by atoms with E-state index in [9.17, 15) is 55.5 Å². The maximum atomic E-state index is 12.3. The molecule has 0 spiro atoms. The first-order chi connectivity index (χ1) is 15.9. The van der Waals surface area contributed by atoms with Crippen LogP contribution in [0.2, 0.25) is 0 Å². The van der Waals surface area contributed by atoms with E-state index < -0.39 is 89.3 Å². The summed E-state index contributed by atoms with van der Waals surface area (Å²) in [7, 11) is 0. The van der Waals surface area contributed by atoms with Gasteiger partial charge in [-0.25, -0.2) is 9.59 Å². The molecule has 1 heterocycles. The van der Waals surface area contributed by atoms with Gasteiger partial charge in [0.2, 0.25) is 6.29 Å². The topological polar surface area (TPSA) is 244 Å². The minimum atomic E-state index is -1.95. The highest BCUT2D eigenvalue weighted by Gasteiger charge is 2.46. The van der Waals surface area contributed by atoms with Gasteiger partial charge in [0.05, 0.1) is 11.1 Å². The Hall–Kier alpha value is -3.98. The lowest BCUT2D eigenvalue weighted by atomic mass is 9.99. The first-order valence-electron chi connectivity index (χ1n) is 9.48. The van der Waals surface area contributed by atoms with Crippen molar-refractivity contribution >= 4 is 11.9 Å². The molecular formula is C20H20O14. The van der Waals surface area contributed by atoms with Gasteiger partial charge in [0.15, 0.2) is 34.5 Å². The molecule has 0 bridgehead atoms. The van der Waals surface area contributed by atoms with Crippen molar-refractivity contribution in [2.75, 3.05) is 6.61 Å². The van der Waals surface area contributed by atoms with Gasteiger partial charge in [-0.2, -0.15) is 0 Å². The molecule has 14 heteroatoms. The van der Waals surface area contributed by atoms with E-state index in [0.717, 1.165) is 24.3 Å². The van der Waals surface area contributed by atoms with E-state index in [1.807, 2.05) is 0 Å². The van der Waals surface area contributed by atoms with Gasteiger partial charge in [-0.15, -0.1) is 0 Å². The second-order valence-corrected chi connectivity index (χ2v) is 7.24. The smallest absolute Gasteiger partial charge is 0.340 e. The van der Waals surface area contributed by atoms with Gasteiger partial charge in [0.1, 0.15) is 31.0 Å². The zero-order chi connectivity index (χ0) is 25.3. The van der Waals surface area contributed by atoms with E-state index in [4.69, 9.17) is 14.2 Å². The minimum Gasteiger partial charge on any atom is -0.504 e. The lowest BCUT2D eigenvalue weighted by molar-refractivity contribution is -0.285. The summed E-state index contributed by atoms with van der Waals surface area (Å²) in [6.07, 6.45) is -9.09. The van der Waals surface area contributed by atoms with Crippen molar-refractivity contribution in [1.82, 2.24) is 0 Å². The molecule has 1 aliphatic rings. The average molecular weight is 484 g/mol. The molecule has 184 valence electrons. The summed E-state index contributed by atoms with van der Waals surface area (Å²) >= 11 is 0. The SMILES string of the molecule is O=C(OC[C@@H]1O[C@H](OC(=O)c2cc(O)c(O)c(O)c2)[C@@H](O)[C@@H](O)[C@H]1O)c1cc(O)c(O)c(O)c1. The van der Waals surface area contributed by atoms with Crippen molar-refractivity contribution in [2.24, 2.45) is 0 Å². The van der Waals surface area contributed by atoms with Gasteiger partial charge in [-0.05, 0) is 24.3 Å². The number of hydrogen-bond acceptors (Lipinski definition) is 14. The molecule has 2 aromatic rings. The van der Waals surface area contributed by atoms with Gasteiger partial charge >= 0.3 is 11.9 Å². The Kier molecular flexibility index (Phi) is 6.88. The van der Waals surface area contributed by atoms with Crippen LogP contribution in [-0.2, 0) is 14.2 Å². The van der Waals surface area contributed by atoms with Gasteiger partial charge in [0, 0.05) is 0 Å². The zero-order valence-corrected chi connectivity index (χ0v) is 17.0. The Morgan fingerprint density at radius 3 is 1.62 bits per heavy atom. The van der Waals surface area contributed by atoms with Crippen molar-refractivity contribution in [1.29, 1.82) is 0 Å². The predicted octanol–water partition coefficient (Wildman–Crippen LogP) is -1.26. The van der Waals surface area contributed by atoms with Crippen LogP contribution in [-0.4, -0.2) is 95.2 Å². The van der Waals surface area contributed by atoms with Crippen molar-refractivity contribution < 1.29 is 69.8 Å². The highest BCUT2D eigenvalue weighted by molar-refractivity contribution is 5.91. The van der Waals surface area contributed by atoms with Crippen LogP contribution in [0.1, 0.15) is 20.7 Å². The first kappa shape index (κ1) is 24.7. The third-order valence-corrected chi connectivity index (χ3v) is 4.88. The lowest BCUT2D eigenvalue weighted by Crippen LogP contribution is -2.59. The van der Waals surface area contributed by atoms with Crippen molar-refractivity contribution in [3.8, 4) is 34.5 Å². The van der Waals surface area contributed by atoms with E-state index in [2.05, 4.69) is 0 Å². The number of aliphatic hydroxyl groups excluding tert-OH is 3. The molecule has 1 aliphatic heterocycles. The number of carbonyl (C=O) groups excluding carboxylic acids is 2. The normalized spacial score (nSPS) is 24.4. The fraction of sp³-hybridized carbons (Fsp3) is 0.300. The fourth-order valence-electron chi connectivity index (χ4n) is 3.01. The molecule has 0 amide bonds. The molecular weight excluding hydrogens is 464 g/mol. The number of aliphatic hydroxyl groups is 3. The number of phenolic OH excluding ortho intramolecular Hbond substituents is 6. The number of rotatable bonds is 5. The van der Waals surface area contributed by atoms with Gasteiger partial charge in [-0.1, -0.05) is 0 Å². The lowest BCUT2D eigenvalue weighted by Gasteiger charge is -2.39. The van der Waals surface area contributed by atoms with E-state index >= 15 is 0 Å². The van der Waals surface area contributed by atoms with Crippen molar-refractivity contribution in [3.63, 3.8) is 0 Å². The number of phenols is 6. The Balaban J connectivity index is 1.70. The number of ether oxygens (including phenoxy) is 3. The molecule has 14 nitrogen and oxygen atoms in total. The predicted molar refractivity (Wildman–Crippen MR) is 105 cm³/mol. The Bertz CT molecular complexity index is 1050. The van der Waals surface area contributed by atoms with Crippen LogP contribution in [0.5, 0.6) is 34.5 Å². The zero-order valence-electron chi connectivity index (χ0n) is 17.0. The molecule has 1 fully saturated rings. The van der Waals surface area contributed by atoms with Crippen LogP contribution in [0.25, 0.3) is 0 Å². The molecule has 0 aliphatic carbocycles. The molecule has 1 saturated heterocycles. The first-order valence-corrected chi connectivity index (χ1v) is 9.48. The van der Waals surface area contributed by atoms with E-state index in [0.29, 0.717) is 0 Å². The quantitative estimate of drug-likeness (QED) is 0.178. The van der Waals surface area contributed by atoms with Crippen LogP contribution in [0.15, 0.2) is 24.3 Å². The number of carbonyl (C=O) groups is 2. The third-order valence-electron chi connectivity index (χ3n) is 4.88. The number of aromatic hydroxyl groups is 6. The van der Waals surface area contributed by atoms with Crippen LogP contribution >= 0.6 is 0 Å². The number of esters is 2. The van der Waals surface area contributed by atoms with E-state index in [1.165, 1.54) is 0 Å². The molecule has 9 N–H and O–H groups in total. The molecule has 0 unspecified atom stereocenters. The minimum absolute atomic E-state index is 0.381. The highest BCUT2D eigenvalue weighted by Crippen LogP contribution is 2.37. The highest BCUT2D eigenvalue weighted by atomic mass is 16.7. The molecule has 5 atom stereocenters. The molecule has 2 aromatic carbocycles. The molecule has 3 rings (SSSR count). The van der Waals surface area contributed by atoms with Gasteiger partial charge < -0.3 is 60.2 Å². The third kappa shape index (κ3) is 4.84. The molecule has 0 radical (unpaired) electrons. The number of benzene rings is 2. The standard InChI is InChI=1S/C20H20O14/c21-8-1-6(2-9(22)13(8)25)18(30)32-5-12-15(27)16(28)17(29)20(33-12)34-19(31)7-3-10(23)14(26)11(24)4-7/h1-4,12,15-17,20-29H,5H2/t12-,15-,16-,17-,20+/m0/s1.